The van der Waals surface area contributed by atoms with Gasteiger partial charge in [-0.2, -0.15) is 5.10 Å². The monoisotopic (exact) mass is 649 g/mol. The van der Waals surface area contributed by atoms with E-state index in [-0.39, 0.29) is 40.1 Å². The molecule has 4 N–H and O–H groups in total. The highest BCUT2D eigenvalue weighted by molar-refractivity contribution is 6.12. The zero-order chi connectivity index (χ0) is 33.6. The molecule has 12 nitrogen and oxygen atoms in total. The lowest BCUT2D eigenvalue weighted by Crippen LogP contribution is -2.30. The van der Waals surface area contributed by atoms with Crippen molar-refractivity contribution in [3.8, 4) is 28.8 Å². The quantitative estimate of drug-likeness (QED) is 0.150. The van der Waals surface area contributed by atoms with Crippen molar-refractivity contribution < 1.29 is 31.8 Å². The molecule has 0 aliphatic carbocycles. The second-order valence-corrected chi connectivity index (χ2v) is 10.4. The molecule has 0 atom stereocenters. The molecular weight excluding hydrogens is 626 g/mol. The van der Waals surface area contributed by atoms with Gasteiger partial charge in [-0.15, -0.1) is 0 Å². The molecule has 0 bridgehead atoms. The summed E-state index contributed by atoms with van der Waals surface area (Å²) in [6.45, 7) is 2.17. The van der Waals surface area contributed by atoms with Crippen LogP contribution in [-0.2, 0) is 0 Å². The minimum atomic E-state index is -2.81. The molecule has 0 amide bonds. The van der Waals surface area contributed by atoms with Gasteiger partial charge in [-0.25, -0.2) is 32.0 Å². The van der Waals surface area contributed by atoms with Crippen LogP contribution in [0.5, 0.6) is 17.4 Å². The number of fused-ring (bicyclic) bond motifs is 1. The minimum Gasteiger partial charge on any atom is -0.485 e. The first-order chi connectivity index (χ1) is 22.4. The molecule has 4 aromatic heterocycles. The number of alkyl halides is 2. The number of hydrogen-bond acceptors (Lipinski definition) is 8. The summed E-state index contributed by atoms with van der Waals surface area (Å²) < 4.78 is 67.1. The van der Waals surface area contributed by atoms with Crippen molar-refractivity contribution in [2.75, 3.05) is 12.3 Å². The van der Waals surface area contributed by atoms with Gasteiger partial charge in [-0.3, -0.25) is 19.1 Å². The van der Waals surface area contributed by atoms with E-state index in [1.807, 2.05) is 0 Å². The smallest absolute Gasteiger partial charge is 0.333 e. The Morgan fingerprint density at radius 1 is 1.00 bits per heavy atom. The molecule has 0 fully saturated rings. The highest BCUT2D eigenvalue weighted by Gasteiger charge is 2.23. The number of ether oxygens (including phenoxy) is 2. The lowest BCUT2D eigenvalue weighted by Gasteiger charge is -2.15. The van der Waals surface area contributed by atoms with Crippen LogP contribution in [0.1, 0.15) is 27.3 Å². The number of hydrogen-bond donors (Lipinski definition) is 3. The van der Waals surface area contributed by atoms with Crippen LogP contribution in [-0.4, -0.2) is 48.1 Å². The largest absolute Gasteiger partial charge is 0.485 e. The first-order valence-electron chi connectivity index (χ1n) is 13.8. The fourth-order valence-electron chi connectivity index (χ4n) is 4.98. The lowest BCUT2D eigenvalue weighted by molar-refractivity contribution is 0.0819. The number of nitrogen functional groups attached to an aromatic ring is 1. The maximum absolute atomic E-state index is 14.0. The fourth-order valence-corrected chi connectivity index (χ4v) is 4.98. The Morgan fingerprint density at radius 3 is 2.43 bits per heavy atom. The molecule has 0 saturated carbocycles. The van der Waals surface area contributed by atoms with Crippen molar-refractivity contribution in [3.63, 3.8) is 0 Å². The summed E-state index contributed by atoms with van der Waals surface area (Å²) in [6.07, 6.45) is -0.256. The number of pyridine rings is 1. The van der Waals surface area contributed by atoms with E-state index in [0.717, 1.165) is 22.8 Å². The Morgan fingerprint density at radius 2 is 1.74 bits per heavy atom. The molecule has 0 aliphatic heterocycles. The average Bonchev–Trinajstić information content (AvgIpc) is 3.60. The Hall–Kier alpha value is -6.19. The maximum Gasteiger partial charge on any atom is 0.333 e. The number of nitrogens with zero attached hydrogens (tertiary/aromatic N) is 4. The minimum absolute atomic E-state index is 0.00630. The number of H-pyrrole nitrogens is 2. The van der Waals surface area contributed by atoms with Crippen molar-refractivity contribution >= 4 is 22.5 Å². The molecule has 47 heavy (non-hydrogen) atoms. The zero-order valence-electron chi connectivity index (χ0n) is 24.5. The first-order valence-corrected chi connectivity index (χ1v) is 13.8. The van der Waals surface area contributed by atoms with E-state index in [9.17, 15) is 31.9 Å². The number of aromatic amines is 2. The van der Waals surface area contributed by atoms with Gasteiger partial charge in [-0.05, 0) is 49.7 Å². The van der Waals surface area contributed by atoms with Crippen LogP contribution in [0.25, 0.3) is 22.3 Å². The molecule has 16 heteroatoms. The van der Waals surface area contributed by atoms with Gasteiger partial charge < -0.3 is 20.2 Å². The van der Waals surface area contributed by atoms with Crippen molar-refractivity contribution in [3.05, 3.63) is 116 Å². The second kappa shape index (κ2) is 12.0. The second-order valence-electron chi connectivity index (χ2n) is 10.4. The predicted molar refractivity (Wildman–Crippen MR) is 161 cm³/mol. The summed E-state index contributed by atoms with van der Waals surface area (Å²) in [4.78, 5) is 47.2. The van der Waals surface area contributed by atoms with Crippen molar-refractivity contribution in [1.82, 2.24) is 29.3 Å². The van der Waals surface area contributed by atoms with Crippen LogP contribution in [0.2, 0.25) is 0 Å². The highest BCUT2D eigenvalue weighted by Crippen LogP contribution is 2.32. The number of nitrogens with one attached hydrogen (secondary N) is 2. The van der Waals surface area contributed by atoms with Crippen LogP contribution in [0.4, 0.5) is 23.4 Å². The van der Waals surface area contributed by atoms with Crippen LogP contribution in [0.15, 0.2) is 70.5 Å². The zero-order valence-corrected chi connectivity index (χ0v) is 24.5. The van der Waals surface area contributed by atoms with Crippen LogP contribution >= 0.6 is 0 Å². The molecule has 6 aromatic rings. The molecule has 2 aromatic carbocycles. The van der Waals surface area contributed by atoms with Crippen LogP contribution in [0.3, 0.4) is 0 Å². The Labute approximate surface area is 261 Å². The van der Waals surface area contributed by atoms with Gasteiger partial charge >= 0.3 is 5.69 Å². The summed E-state index contributed by atoms with van der Waals surface area (Å²) in [7, 11) is 0. The van der Waals surface area contributed by atoms with Crippen molar-refractivity contribution in [2.45, 2.75) is 20.3 Å². The van der Waals surface area contributed by atoms with Gasteiger partial charge in [0.15, 0.2) is 11.6 Å². The van der Waals surface area contributed by atoms with E-state index >= 15 is 0 Å². The molecule has 0 spiro atoms. The van der Waals surface area contributed by atoms with Gasteiger partial charge in [0.1, 0.15) is 18.2 Å². The summed E-state index contributed by atoms with van der Waals surface area (Å²) >= 11 is 0. The number of halogens is 4. The normalized spacial score (nSPS) is 11.4. The van der Waals surface area contributed by atoms with Gasteiger partial charge in [0, 0.05) is 28.7 Å². The highest BCUT2D eigenvalue weighted by atomic mass is 19.3. The van der Waals surface area contributed by atoms with E-state index in [2.05, 4.69) is 20.1 Å². The number of aryl methyl sites for hydroxylation is 2. The number of carbonyl (C=O) groups is 1. The van der Waals surface area contributed by atoms with Gasteiger partial charge in [0.05, 0.1) is 35.0 Å². The van der Waals surface area contributed by atoms with E-state index in [4.69, 9.17) is 15.2 Å². The van der Waals surface area contributed by atoms with E-state index in [1.165, 1.54) is 54.3 Å². The van der Waals surface area contributed by atoms with E-state index in [1.54, 1.807) is 6.92 Å². The number of aromatic nitrogens is 6. The number of benzene rings is 2. The SMILES string of the molecule is Cc1cc(Oc2c(F)cccc2F)ncc1-n1ncc(C(=O)c2cc3cc(OCC(F)F)c(-n4c(C)cc(=O)[nH]c4=O)cc3[nH]2)c1N. The number of ketones is 1. The molecule has 0 saturated heterocycles. The standard InChI is InChI=1S/C31H23F4N7O5/c1-14-6-27(47-29-18(32)4-3-5-19(29)33)37-12-23(14)42-30(36)17(11-38-42)28(44)21-8-16-9-24(46-13-25(34)35)22(10-20(16)39-21)41-15(2)7-26(43)40-31(41)45/h3-12,25,39H,13,36H2,1-2H3,(H,40,43,45). The Kier molecular flexibility index (Phi) is 7.84. The molecule has 0 unspecified atom stereocenters. The van der Waals surface area contributed by atoms with Crippen molar-refractivity contribution in [2.24, 2.45) is 0 Å². The molecule has 240 valence electrons. The van der Waals surface area contributed by atoms with E-state index in [0.29, 0.717) is 22.2 Å². The van der Waals surface area contributed by atoms with Crippen molar-refractivity contribution in [1.29, 1.82) is 0 Å². The third-order valence-electron chi connectivity index (χ3n) is 7.14. The molecular formula is C31H23F4N7O5. The number of rotatable bonds is 9. The molecule has 0 radical (unpaired) electrons. The molecule has 6 rings (SSSR count). The number of nitrogens with two attached hydrogens (primary N) is 1. The molecule has 0 aliphatic rings. The fraction of sp³-hybridized carbons (Fsp3) is 0.129. The van der Waals surface area contributed by atoms with Gasteiger partial charge in [0.2, 0.25) is 17.4 Å². The first kappa shape index (κ1) is 30.8. The average molecular weight is 650 g/mol. The van der Waals surface area contributed by atoms with Crippen LogP contribution in [0, 0.1) is 25.5 Å². The Bertz CT molecular complexity index is 2290. The number of carbonyl (C=O) groups excluding carboxylic acids is 1. The summed E-state index contributed by atoms with van der Waals surface area (Å²) in [5.41, 5.74) is 6.40. The summed E-state index contributed by atoms with van der Waals surface area (Å²) in [5.74, 6) is -3.22. The predicted octanol–water partition coefficient (Wildman–Crippen LogP) is 4.73. The topological polar surface area (TPSA) is 163 Å². The van der Waals surface area contributed by atoms with Gasteiger partial charge in [0.25, 0.3) is 12.0 Å². The number of anilines is 1. The maximum atomic E-state index is 14.0. The third-order valence-corrected chi connectivity index (χ3v) is 7.14. The van der Waals surface area contributed by atoms with Gasteiger partial charge in [-0.1, -0.05) is 6.07 Å². The summed E-state index contributed by atoms with van der Waals surface area (Å²) in [6, 6.07) is 10.1. The van der Waals surface area contributed by atoms with Crippen LogP contribution < -0.4 is 26.5 Å². The Balaban J connectivity index is 1.34. The molecule has 4 heterocycles. The number of para-hydroxylation sites is 1. The lowest BCUT2D eigenvalue weighted by atomic mass is 10.1. The third kappa shape index (κ3) is 5.83. The summed E-state index contributed by atoms with van der Waals surface area (Å²) in [5, 5.41) is 4.62. The van der Waals surface area contributed by atoms with E-state index < -0.39 is 47.4 Å².